The average molecular weight is 255 g/mol. The second-order valence-electron chi connectivity index (χ2n) is 4.14. The van der Waals surface area contributed by atoms with E-state index in [9.17, 15) is 5.11 Å². The van der Waals surface area contributed by atoms with Crippen LogP contribution in [0, 0.1) is 12.8 Å². The Hall–Kier alpha value is -0.340. The lowest BCUT2D eigenvalue weighted by Crippen LogP contribution is -2.19. The van der Waals surface area contributed by atoms with Crippen molar-refractivity contribution in [3.63, 3.8) is 0 Å². The molecule has 0 heterocycles. The van der Waals surface area contributed by atoms with Gasteiger partial charge in [0.15, 0.2) is 0 Å². The predicted molar refractivity (Wildman–Crippen MR) is 61.2 cm³/mol. The van der Waals surface area contributed by atoms with Gasteiger partial charge in [-0.3, -0.25) is 0 Å². The molecule has 1 saturated carbocycles. The molecule has 1 fully saturated rings. The molecule has 2 heteroatoms. The molecule has 0 radical (unpaired) electrons. The van der Waals surface area contributed by atoms with Crippen molar-refractivity contribution in [1.82, 2.24) is 0 Å². The number of aryl methyl sites for hydroxylation is 1. The minimum absolute atomic E-state index is 0.263. The SMILES string of the molecule is Cc1ccc(C(O)C2CCC2)cc1Br. The molecular weight excluding hydrogens is 240 g/mol. The van der Waals surface area contributed by atoms with E-state index in [-0.39, 0.29) is 6.10 Å². The number of aliphatic hydroxyl groups excluding tert-OH is 1. The number of aliphatic hydroxyl groups is 1. The van der Waals surface area contributed by atoms with Gasteiger partial charge in [-0.15, -0.1) is 0 Å². The Morgan fingerprint density at radius 2 is 2.14 bits per heavy atom. The Bertz CT molecular complexity index is 331. The fraction of sp³-hybridized carbons (Fsp3) is 0.500. The van der Waals surface area contributed by atoms with E-state index in [1.807, 2.05) is 12.1 Å². The molecule has 0 aliphatic heterocycles. The smallest absolute Gasteiger partial charge is 0.0818 e. The molecule has 1 aromatic carbocycles. The van der Waals surface area contributed by atoms with E-state index in [0.717, 1.165) is 10.0 Å². The molecule has 1 atom stereocenters. The summed E-state index contributed by atoms with van der Waals surface area (Å²) in [4.78, 5) is 0. The minimum Gasteiger partial charge on any atom is -0.388 e. The number of rotatable bonds is 2. The van der Waals surface area contributed by atoms with Crippen LogP contribution < -0.4 is 0 Å². The molecule has 0 bridgehead atoms. The van der Waals surface area contributed by atoms with Crippen LogP contribution in [-0.4, -0.2) is 5.11 Å². The number of halogens is 1. The average Bonchev–Trinajstić information content (AvgIpc) is 2.06. The van der Waals surface area contributed by atoms with Gasteiger partial charge < -0.3 is 5.11 Å². The zero-order valence-electron chi connectivity index (χ0n) is 8.33. The van der Waals surface area contributed by atoms with E-state index in [2.05, 4.69) is 28.9 Å². The van der Waals surface area contributed by atoms with E-state index in [1.54, 1.807) is 0 Å². The highest BCUT2D eigenvalue weighted by molar-refractivity contribution is 9.10. The quantitative estimate of drug-likeness (QED) is 0.856. The van der Waals surface area contributed by atoms with Gasteiger partial charge in [0.1, 0.15) is 0 Å². The first kappa shape index (κ1) is 10.2. The maximum Gasteiger partial charge on any atom is 0.0818 e. The fourth-order valence-electron chi connectivity index (χ4n) is 1.82. The second kappa shape index (κ2) is 4.03. The summed E-state index contributed by atoms with van der Waals surface area (Å²) in [5.41, 5.74) is 2.27. The summed E-state index contributed by atoms with van der Waals surface area (Å²) >= 11 is 3.49. The Kier molecular flexibility index (Phi) is 2.93. The highest BCUT2D eigenvalue weighted by atomic mass is 79.9. The molecule has 0 amide bonds. The second-order valence-corrected chi connectivity index (χ2v) is 5.00. The third-order valence-corrected chi connectivity index (χ3v) is 3.99. The van der Waals surface area contributed by atoms with Crippen LogP contribution in [0.25, 0.3) is 0 Å². The molecule has 76 valence electrons. The van der Waals surface area contributed by atoms with Gasteiger partial charge in [0.05, 0.1) is 6.10 Å². The lowest BCUT2D eigenvalue weighted by Gasteiger charge is -2.30. The van der Waals surface area contributed by atoms with Gasteiger partial charge in [-0.25, -0.2) is 0 Å². The standard InChI is InChI=1S/C12H15BrO/c1-8-5-6-10(7-11(8)13)12(14)9-3-2-4-9/h5-7,9,12,14H,2-4H2,1H3. The van der Waals surface area contributed by atoms with Gasteiger partial charge in [0.2, 0.25) is 0 Å². The zero-order valence-corrected chi connectivity index (χ0v) is 9.92. The summed E-state index contributed by atoms with van der Waals surface area (Å²) in [5.74, 6) is 0.490. The summed E-state index contributed by atoms with van der Waals surface area (Å²) < 4.78 is 1.09. The maximum atomic E-state index is 10.0. The van der Waals surface area contributed by atoms with Crippen LogP contribution >= 0.6 is 15.9 Å². The van der Waals surface area contributed by atoms with E-state index < -0.39 is 0 Å². The summed E-state index contributed by atoms with van der Waals surface area (Å²) in [6, 6.07) is 6.13. The topological polar surface area (TPSA) is 20.2 Å². The summed E-state index contributed by atoms with van der Waals surface area (Å²) in [5, 5.41) is 10.0. The van der Waals surface area contributed by atoms with Gasteiger partial charge in [0, 0.05) is 4.47 Å². The largest absolute Gasteiger partial charge is 0.388 e. The molecule has 0 spiro atoms. The van der Waals surface area contributed by atoms with Gasteiger partial charge in [-0.2, -0.15) is 0 Å². The van der Waals surface area contributed by atoms with Gasteiger partial charge in [-0.05, 0) is 42.9 Å². The first-order chi connectivity index (χ1) is 6.68. The van der Waals surface area contributed by atoms with Crippen LogP contribution in [0.2, 0.25) is 0 Å². The molecule has 0 saturated heterocycles. The van der Waals surface area contributed by atoms with E-state index in [0.29, 0.717) is 5.92 Å². The van der Waals surface area contributed by atoms with Crippen molar-refractivity contribution >= 4 is 15.9 Å². The van der Waals surface area contributed by atoms with Crippen molar-refractivity contribution in [2.24, 2.45) is 5.92 Å². The van der Waals surface area contributed by atoms with E-state index in [4.69, 9.17) is 0 Å². The molecule has 2 rings (SSSR count). The zero-order chi connectivity index (χ0) is 10.1. The molecule has 1 aliphatic rings. The highest BCUT2D eigenvalue weighted by Crippen LogP contribution is 2.38. The van der Waals surface area contributed by atoms with Crippen molar-refractivity contribution in [2.75, 3.05) is 0 Å². The normalized spacial score (nSPS) is 19.1. The Balaban J connectivity index is 2.18. The summed E-state index contributed by atoms with van der Waals surface area (Å²) in [6.45, 7) is 2.06. The molecular formula is C12H15BrO. The van der Waals surface area contributed by atoms with Crippen LogP contribution in [0.5, 0.6) is 0 Å². The highest BCUT2D eigenvalue weighted by Gasteiger charge is 2.26. The molecule has 1 aromatic rings. The maximum absolute atomic E-state index is 10.0. The van der Waals surface area contributed by atoms with Crippen molar-refractivity contribution < 1.29 is 5.11 Å². The number of hydrogen-bond acceptors (Lipinski definition) is 1. The lowest BCUT2D eigenvalue weighted by molar-refractivity contribution is 0.0620. The van der Waals surface area contributed by atoms with Crippen LogP contribution in [0.4, 0.5) is 0 Å². The van der Waals surface area contributed by atoms with E-state index in [1.165, 1.54) is 24.8 Å². The third kappa shape index (κ3) is 1.86. The molecule has 1 aliphatic carbocycles. The third-order valence-electron chi connectivity index (χ3n) is 3.13. The number of hydrogen-bond donors (Lipinski definition) is 1. The molecule has 1 nitrogen and oxygen atoms in total. The molecule has 14 heavy (non-hydrogen) atoms. The van der Waals surface area contributed by atoms with Crippen molar-refractivity contribution in [1.29, 1.82) is 0 Å². The van der Waals surface area contributed by atoms with Gasteiger partial charge in [-0.1, -0.05) is 34.5 Å². The van der Waals surface area contributed by atoms with Crippen molar-refractivity contribution in [2.45, 2.75) is 32.3 Å². The monoisotopic (exact) mass is 254 g/mol. The Morgan fingerprint density at radius 3 is 2.64 bits per heavy atom. The van der Waals surface area contributed by atoms with Crippen molar-refractivity contribution in [3.8, 4) is 0 Å². The van der Waals surface area contributed by atoms with Crippen LogP contribution in [0.3, 0.4) is 0 Å². The van der Waals surface area contributed by atoms with Crippen LogP contribution in [0.1, 0.15) is 36.5 Å². The van der Waals surface area contributed by atoms with Crippen LogP contribution in [0.15, 0.2) is 22.7 Å². The molecule has 1 N–H and O–H groups in total. The molecule has 0 aromatic heterocycles. The van der Waals surface area contributed by atoms with E-state index >= 15 is 0 Å². The van der Waals surface area contributed by atoms with Crippen molar-refractivity contribution in [3.05, 3.63) is 33.8 Å². The summed E-state index contributed by atoms with van der Waals surface area (Å²) in [7, 11) is 0. The summed E-state index contributed by atoms with van der Waals surface area (Å²) in [6.07, 6.45) is 3.36. The first-order valence-electron chi connectivity index (χ1n) is 5.12. The predicted octanol–water partition coefficient (Wildman–Crippen LogP) is 3.59. The fourth-order valence-corrected chi connectivity index (χ4v) is 2.22. The first-order valence-corrected chi connectivity index (χ1v) is 5.92. The number of benzene rings is 1. The molecule has 1 unspecified atom stereocenters. The minimum atomic E-state index is -0.263. The van der Waals surface area contributed by atoms with Gasteiger partial charge >= 0.3 is 0 Å². The van der Waals surface area contributed by atoms with Gasteiger partial charge in [0.25, 0.3) is 0 Å². The van der Waals surface area contributed by atoms with Crippen LogP contribution in [-0.2, 0) is 0 Å². The Morgan fingerprint density at radius 1 is 1.43 bits per heavy atom. The Labute approximate surface area is 93.3 Å². The lowest BCUT2D eigenvalue weighted by atomic mass is 9.79.